The van der Waals surface area contributed by atoms with Crippen molar-refractivity contribution in [3.05, 3.63) is 33.8 Å². The van der Waals surface area contributed by atoms with Gasteiger partial charge in [-0.25, -0.2) is 0 Å². The highest BCUT2D eigenvalue weighted by molar-refractivity contribution is 9.10. The van der Waals surface area contributed by atoms with Gasteiger partial charge in [0.1, 0.15) is 6.04 Å². The maximum atomic E-state index is 12.4. The smallest absolute Gasteiger partial charge is 0.247 e. The summed E-state index contributed by atoms with van der Waals surface area (Å²) in [5, 5.41) is 8.74. The fourth-order valence-corrected chi connectivity index (χ4v) is 2.40. The Labute approximate surface area is 130 Å². The fraction of sp³-hybridized carbons (Fsp3) is 0.417. The third kappa shape index (κ3) is 3.04. The molecule has 0 aliphatic rings. The van der Waals surface area contributed by atoms with E-state index in [1.54, 1.807) is 46.9 Å². The normalized spacial score (nSPS) is 12.4. The van der Waals surface area contributed by atoms with Crippen LogP contribution in [0, 0.1) is 0 Å². The molecule has 0 saturated carbocycles. The quantitative estimate of drug-likeness (QED) is 0.840. The zero-order valence-electron chi connectivity index (χ0n) is 11.4. The van der Waals surface area contributed by atoms with Gasteiger partial charge in [-0.2, -0.15) is 10.2 Å². The van der Waals surface area contributed by atoms with Gasteiger partial charge >= 0.3 is 0 Å². The van der Waals surface area contributed by atoms with E-state index < -0.39 is 0 Å². The molecule has 0 aliphatic heterocycles. The van der Waals surface area contributed by atoms with Crippen LogP contribution in [0.15, 0.2) is 23.1 Å². The van der Waals surface area contributed by atoms with Gasteiger partial charge in [0.05, 0.1) is 34.1 Å². The zero-order valence-corrected chi connectivity index (χ0v) is 13.8. The molecule has 1 unspecified atom stereocenters. The first-order chi connectivity index (χ1) is 9.40. The van der Waals surface area contributed by atoms with Gasteiger partial charge in [-0.15, -0.1) is 0 Å². The summed E-state index contributed by atoms with van der Waals surface area (Å²) in [6, 6.07) is -0.377. The second kappa shape index (κ2) is 5.97. The molecule has 0 fully saturated rings. The largest absolute Gasteiger partial charge is 0.338 e. The molecule has 2 aromatic heterocycles. The van der Waals surface area contributed by atoms with E-state index in [0.29, 0.717) is 11.6 Å². The minimum Gasteiger partial charge on any atom is -0.338 e. The molecule has 2 rings (SSSR count). The zero-order chi connectivity index (χ0) is 14.9. The van der Waals surface area contributed by atoms with Gasteiger partial charge in [0.2, 0.25) is 5.91 Å². The number of hydrogen-bond donors (Lipinski definition) is 0. The van der Waals surface area contributed by atoms with Crippen LogP contribution >= 0.6 is 27.5 Å². The van der Waals surface area contributed by atoms with Crippen LogP contribution in [-0.2, 0) is 18.4 Å². The van der Waals surface area contributed by atoms with Crippen molar-refractivity contribution in [2.75, 3.05) is 7.05 Å². The molecule has 108 valence electrons. The number of carbonyl (C=O) groups excluding carboxylic acids is 1. The molecular formula is C12H15BrClN5O. The van der Waals surface area contributed by atoms with E-state index in [2.05, 4.69) is 26.1 Å². The molecule has 2 aromatic rings. The van der Waals surface area contributed by atoms with Gasteiger partial charge < -0.3 is 4.90 Å². The monoisotopic (exact) mass is 359 g/mol. The van der Waals surface area contributed by atoms with Crippen molar-refractivity contribution < 1.29 is 4.79 Å². The van der Waals surface area contributed by atoms with Crippen LogP contribution in [0.4, 0.5) is 0 Å². The topological polar surface area (TPSA) is 56.0 Å². The molecular weight excluding hydrogens is 346 g/mol. The number of likely N-dealkylation sites (N-methyl/N-ethyl adjacent to an activating group) is 1. The third-order valence-electron chi connectivity index (χ3n) is 3.10. The van der Waals surface area contributed by atoms with E-state index in [4.69, 9.17) is 11.6 Å². The summed E-state index contributed by atoms with van der Waals surface area (Å²) in [5.74, 6) is -0.0436. The highest BCUT2D eigenvalue weighted by atomic mass is 79.9. The number of hydrogen-bond acceptors (Lipinski definition) is 3. The number of halogens is 2. The maximum absolute atomic E-state index is 12.4. The van der Waals surface area contributed by atoms with Crippen molar-refractivity contribution in [2.45, 2.75) is 19.5 Å². The number of aromatic nitrogens is 4. The summed E-state index contributed by atoms with van der Waals surface area (Å²) < 4.78 is 4.13. The van der Waals surface area contributed by atoms with E-state index >= 15 is 0 Å². The molecule has 2 heterocycles. The van der Waals surface area contributed by atoms with Crippen LogP contribution < -0.4 is 0 Å². The Balaban J connectivity index is 2.09. The van der Waals surface area contributed by atoms with Crippen LogP contribution in [0.3, 0.4) is 0 Å². The summed E-state index contributed by atoms with van der Waals surface area (Å²) in [7, 11) is 3.54. The molecule has 0 saturated heterocycles. The van der Waals surface area contributed by atoms with Gasteiger partial charge in [0, 0.05) is 20.3 Å². The number of amides is 1. The van der Waals surface area contributed by atoms with Gasteiger partial charge in [-0.3, -0.25) is 14.2 Å². The number of aryl methyl sites for hydroxylation is 1. The summed E-state index contributed by atoms with van der Waals surface area (Å²) in [6.45, 7) is 2.21. The van der Waals surface area contributed by atoms with E-state index in [1.165, 1.54) is 0 Å². The average Bonchev–Trinajstić information content (AvgIpc) is 2.97. The highest BCUT2D eigenvalue weighted by Gasteiger charge is 2.21. The summed E-state index contributed by atoms with van der Waals surface area (Å²) in [5.41, 5.74) is 0.802. The Kier molecular flexibility index (Phi) is 4.49. The standard InChI is InChI=1S/C12H15BrClN5O/c1-8(19-6-9(13)4-16-19)12(20)17(2)7-11-10(14)5-15-18(11)3/h4-6,8H,7H2,1-3H3. The first-order valence-corrected chi connectivity index (χ1v) is 7.18. The summed E-state index contributed by atoms with van der Waals surface area (Å²) >= 11 is 9.37. The Bertz CT molecular complexity index is 604. The van der Waals surface area contributed by atoms with Crippen molar-refractivity contribution in [2.24, 2.45) is 7.05 Å². The van der Waals surface area contributed by atoms with Crippen molar-refractivity contribution in [3.8, 4) is 0 Å². The van der Waals surface area contributed by atoms with E-state index in [0.717, 1.165) is 10.2 Å². The molecule has 1 atom stereocenters. The van der Waals surface area contributed by atoms with Crippen molar-refractivity contribution >= 4 is 33.4 Å². The van der Waals surface area contributed by atoms with Crippen molar-refractivity contribution in [3.63, 3.8) is 0 Å². The molecule has 6 nitrogen and oxygen atoms in total. The molecule has 0 spiro atoms. The lowest BCUT2D eigenvalue weighted by Crippen LogP contribution is -2.33. The van der Waals surface area contributed by atoms with Crippen molar-refractivity contribution in [1.82, 2.24) is 24.5 Å². The summed E-state index contributed by atoms with van der Waals surface area (Å²) in [4.78, 5) is 14.0. The first-order valence-electron chi connectivity index (χ1n) is 6.01. The predicted octanol–water partition coefficient (Wildman–Crippen LogP) is 2.25. The molecule has 0 radical (unpaired) electrons. The second-order valence-corrected chi connectivity index (χ2v) is 5.89. The Morgan fingerprint density at radius 1 is 1.50 bits per heavy atom. The molecule has 8 heteroatoms. The number of nitrogens with zero attached hydrogens (tertiary/aromatic N) is 5. The van der Waals surface area contributed by atoms with Crippen LogP contribution in [0.2, 0.25) is 5.02 Å². The molecule has 0 aliphatic carbocycles. The van der Waals surface area contributed by atoms with E-state index in [-0.39, 0.29) is 11.9 Å². The van der Waals surface area contributed by atoms with E-state index in [1.807, 2.05) is 6.92 Å². The maximum Gasteiger partial charge on any atom is 0.247 e. The van der Waals surface area contributed by atoms with Crippen LogP contribution in [-0.4, -0.2) is 37.4 Å². The van der Waals surface area contributed by atoms with Crippen LogP contribution in [0.1, 0.15) is 18.7 Å². The van der Waals surface area contributed by atoms with Crippen LogP contribution in [0.25, 0.3) is 0 Å². The Morgan fingerprint density at radius 2 is 2.20 bits per heavy atom. The molecule has 20 heavy (non-hydrogen) atoms. The fourth-order valence-electron chi connectivity index (χ4n) is 1.88. The Hall–Kier alpha value is -1.34. The molecule has 1 amide bonds. The van der Waals surface area contributed by atoms with Gasteiger partial charge in [0.25, 0.3) is 0 Å². The molecule has 0 bridgehead atoms. The lowest BCUT2D eigenvalue weighted by molar-refractivity contribution is -0.133. The second-order valence-electron chi connectivity index (χ2n) is 4.57. The predicted molar refractivity (Wildman–Crippen MR) is 79.3 cm³/mol. The summed E-state index contributed by atoms with van der Waals surface area (Å²) in [6.07, 6.45) is 5.00. The van der Waals surface area contributed by atoms with Gasteiger partial charge in [-0.1, -0.05) is 11.6 Å². The first kappa shape index (κ1) is 15.1. The van der Waals surface area contributed by atoms with Crippen molar-refractivity contribution in [1.29, 1.82) is 0 Å². The lowest BCUT2D eigenvalue weighted by atomic mass is 10.3. The Morgan fingerprint density at radius 3 is 2.70 bits per heavy atom. The SMILES string of the molecule is CC(C(=O)N(C)Cc1c(Cl)cnn1C)n1cc(Br)cn1. The minimum absolute atomic E-state index is 0.0436. The third-order valence-corrected chi connectivity index (χ3v) is 3.82. The lowest BCUT2D eigenvalue weighted by Gasteiger charge is -2.21. The van der Waals surface area contributed by atoms with Gasteiger partial charge in [0.15, 0.2) is 0 Å². The number of rotatable bonds is 4. The molecule has 0 aromatic carbocycles. The van der Waals surface area contributed by atoms with Crippen LogP contribution in [0.5, 0.6) is 0 Å². The number of carbonyl (C=O) groups is 1. The highest BCUT2D eigenvalue weighted by Crippen LogP contribution is 2.18. The average molecular weight is 361 g/mol. The van der Waals surface area contributed by atoms with E-state index in [9.17, 15) is 4.79 Å². The van der Waals surface area contributed by atoms with Gasteiger partial charge in [-0.05, 0) is 22.9 Å². The minimum atomic E-state index is -0.377. The molecule has 0 N–H and O–H groups in total.